The molecule has 1 saturated heterocycles. The second kappa shape index (κ2) is 8.11. The molecule has 2 atom stereocenters. The summed E-state index contributed by atoms with van der Waals surface area (Å²) in [5.74, 6) is 0.849. The number of carbonyl (C=O) groups excluding carboxylic acids is 1. The van der Waals surface area contributed by atoms with Gasteiger partial charge in [0.05, 0.1) is 13.2 Å². The molecule has 0 unspecified atom stereocenters. The van der Waals surface area contributed by atoms with E-state index in [-0.39, 0.29) is 12.0 Å². The van der Waals surface area contributed by atoms with Gasteiger partial charge in [0, 0.05) is 38.8 Å². The van der Waals surface area contributed by atoms with Crippen molar-refractivity contribution in [3.63, 3.8) is 0 Å². The molecule has 1 aliphatic heterocycles. The van der Waals surface area contributed by atoms with Crippen LogP contribution in [0.25, 0.3) is 0 Å². The Morgan fingerprint density at radius 2 is 2.10 bits per heavy atom. The molecule has 2 aliphatic rings. The summed E-state index contributed by atoms with van der Waals surface area (Å²) in [6.45, 7) is 11.8. The normalized spacial score (nSPS) is 25.1. The van der Waals surface area contributed by atoms with Gasteiger partial charge in [0.25, 0.3) is 5.91 Å². The van der Waals surface area contributed by atoms with E-state index in [1.54, 1.807) is 0 Å². The van der Waals surface area contributed by atoms with Crippen LogP contribution in [-0.4, -0.2) is 73.9 Å². The van der Waals surface area contributed by atoms with Crippen molar-refractivity contribution in [3.8, 4) is 0 Å². The minimum absolute atomic E-state index is 0.145. The summed E-state index contributed by atoms with van der Waals surface area (Å²) in [4.78, 5) is 16.8. The number of nitrogens with zero attached hydrogens (tertiary/aromatic N) is 2. The van der Waals surface area contributed by atoms with Crippen molar-refractivity contribution < 1.29 is 14.3 Å². The lowest BCUT2D eigenvalue weighted by Crippen LogP contribution is -2.56. The third-order valence-electron chi connectivity index (χ3n) is 4.43. The second-order valence-electron chi connectivity index (χ2n) is 6.29. The van der Waals surface area contributed by atoms with Crippen molar-refractivity contribution in [2.75, 3.05) is 46.0 Å². The van der Waals surface area contributed by atoms with Crippen LogP contribution in [-0.2, 0) is 14.3 Å². The zero-order valence-corrected chi connectivity index (χ0v) is 13.7. The molecule has 0 aromatic rings. The summed E-state index contributed by atoms with van der Waals surface area (Å²) in [7, 11) is 0. The van der Waals surface area contributed by atoms with Gasteiger partial charge in [0.15, 0.2) is 0 Å². The van der Waals surface area contributed by atoms with Crippen LogP contribution in [0.2, 0.25) is 0 Å². The Balaban J connectivity index is 1.70. The van der Waals surface area contributed by atoms with Crippen LogP contribution in [0.5, 0.6) is 0 Å². The summed E-state index contributed by atoms with van der Waals surface area (Å²) in [5, 5.41) is 0. The van der Waals surface area contributed by atoms with Gasteiger partial charge in [-0.2, -0.15) is 0 Å². The van der Waals surface area contributed by atoms with Crippen molar-refractivity contribution in [2.24, 2.45) is 5.92 Å². The van der Waals surface area contributed by atoms with Crippen molar-refractivity contribution in [1.29, 1.82) is 0 Å². The highest BCUT2D eigenvalue weighted by molar-refractivity contribution is 5.80. The van der Waals surface area contributed by atoms with Crippen molar-refractivity contribution in [1.82, 2.24) is 9.80 Å². The lowest BCUT2D eigenvalue weighted by molar-refractivity contribution is -0.146. The lowest BCUT2D eigenvalue weighted by Gasteiger charge is -2.40. The van der Waals surface area contributed by atoms with Crippen LogP contribution < -0.4 is 0 Å². The third-order valence-corrected chi connectivity index (χ3v) is 4.43. The van der Waals surface area contributed by atoms with Crippen molar-refractivity contribution in [2.45, 2.75) is 45.8 Å². The van der Waals surface area contributed by atoms with Crippen LogP contribution in [0.3, 0.4) is 0 Å². The zero-order valence-electron chi connectivity index (χ0n) is 13.7. The lowest BCUT2D eigenvalue weighted by atomic mass is 10.1. The molecule has 0 N–H and O–H groups in total. The first kappa shape index (κ1) is 16.7. The Morgan fingerprint density at radius 3 is 2.71 bits per heavy atom. The molecular formula is C16H30N2O3. The maximum absolute atomic E-state index is 12.4. The van der Waals surface area contributed by atoms with Gasteiger partial charge in [-0.1, -0.05) is 0 Å². The van der Waals surface area contributed by atoms with Crippen LogP contribution in [0, 0.1) is 5.92 Å². The highest BCUT2D eigenvalue weighted by atomic mass is 16.5. The zero-order chi connectivity index (χ0) is 15.2. The van der Waals surface area contributed by atoms with E-state index in [4.69, 9.17) is 9.47 Å². The van der Waals surface area contributed by atoms with Gasteiger partial charge < -0.3 is 14.4 Å². The molecule has 1 aliphatic carbocycles. The highest BCUT2D eigenvalue weighted by Crippen LogP contribution is 2.29. The fraction of sp³-hybridized carbons (Fsp3) is 0.938. The largest absolute Gasteiger partial charge is 0.380 e. The van der Waals surface area contributed by atoms with E-state index in [9.17, 15) is 4.79 Å². The molecule has 0 radical (unpaired) electrons. The molecule has 0 aromatic carbocycles. The number of piperazine rings is 1. The van der Waals surface area contributed by atoms with Gasteiger partial charge in [0.2, 0.25) is 0 Å². The quantitative estimate of drug-likeness (QED) is 0.635. The average molecular weight is 298 g/mol. The fourth-order valence-corrected chi connectivity index (χ4v) is 2.75. The Bertz CT molecular complexity index is 333. The summed E-state index contributed by atoms with van der Waals surface area (Å²) in [5.41, 5.74) is 0. The molecule has 122 valence electrons. The Labute approximate surface area is 128 Å². The summed E-state index contributed by atoms with van der Waals surface area (Å²) in [6.07, 6.45) is 2.22. The second-order valence-corrected chi connectivity index (χ2v) is 6.29. The monoisotopic (exact) mass is 298 g/mol. The number of hydrogen-bond donors (Lipinski definition) is 0. The van der Waals surface area contributed by atoms with Gasteiger partial charge in [-0.05, 0) is 39.5 Å². The number of amides is 1. The summed E-state index contributed by atoms with van der Waals surface area (Å²) in [6, 6.07) is 0.388. The van der Waals surface area contributed by atoms with Gasteiger partial charge >= 0.3 is 0 Å². The van der Waals surface area contributed by atoms with Crippen molar-refractivity contribution >= 4 is 5.91 Å². The van der Waals surface area contributed by atoms with Crippen LogP contribution in [0.4, 0.5) is 0 Å². The minimum Gasteiger partial charge on any atom is -0.380 e. The predicted octanol–water partition coefficient (Wildman–Crippen LogP) is 1.37. The summed E-state index contributed by atoms with van der Waals surface area (Å²) < 4.78 is 11.1. The predicted molar refractivity (Wildman–Crippen MR) is 82.2 cm³/mol. The Morgan fingerprint density at radius 1 is 1.33 bits per heavy atom. The van der Waals surface area contributed by atoms with Crippen LogP contribution in [0.15, 0.2) is 0 Å². The molecule has 1 amide bonds. The molecule has 1 heterocycles. The number of ether oxygens (including phenoxy) is 2. The van der Waals surface area contributed by atoms with E-state index in [1.165, 1.54) is 12.8 Å². The average Bonchev–Trinajstić information content (AvgIpc) is 3.30. The maximum Gasteiger partial charge on any atom is 0.251 e. The standard InChI is InChI=1S/C16H30N2O3/c1-4-20-10-9-17-7-8-18(11-13(17)2)16(19)14(3)21-12-15-5-6-15/h13-15H,4-12H2,1-3H3/t13-,14-/m0/s1. The van der Waals surface area contributed by atoms with E-state index in [1.807, 2.05) is 18.7 Å². The fourth-order valence-electron chi connectivity index (χ4n) is 2.75. The number of carbonyl (C=O) groups is 1. The van der Waals surface area contributed by atoms with E-state index >= 15 is 0 Å². The van der Waals surface area contributed by atoms with E-state index < -0.39 is 0 Å². The first-order chi connectivity index (χ1) is 10.1. The maximum atomic E-state index is 12.4. The Kier molecular flexibility index (Phi) is 6.45. The number of hydrogen-bond acceptors (Lipinski definition) is 4. The minimum atomic E-state index is -0.298. The first-order valence-corrected chi connectivity index (χ1v) is 8.34. The molecule has 5 nitrogen and oxygen atoms in total. The van der Waals surface area contributed by atoms with Gasteiger partial charge in [-0.15, -0.1) is 0 Å². The summed E-state index contributed by atoms with van der Waals surface area (Å²) >= 11 is 0. The molecule has 1 saturated carbocycles. The van der Waals surface area contributed by atoms with Gasteiger partial charge in [0.1, 0.15) is 6.10 Å². The van der Waals surface area contributed by atoms with E-state index in [0.29, 0.717) is 12.0 Å². The molecule has 2 fully saturated rings. The highest BCUT2D eigenvalue weighted by Gasteiger charge is 2.30. The molecule has 0 aromatic heterocycles. The van der Waals surface area contributed by atoms with Crippen LogP contribution >= 0.6 is 0 Å². The van der Waals surface area contributed by atoms with E-state index in [0.717, 1.165) is 46.0 Å². The molecule has 5 heteroatoms. The Hall–Kier alpha value is -0.650. The SMILES string of the molecule is CCOCCN1CCN(C(=O)[C@H](C)OCC2CC2)C[C@@H]1C. The van der Waals surface area contributed by atoms with Gasteiger partial charge in [-0.25, -0.2) is 0 Å². The third kappa shape index (κ3) is 5.24. The van der Waals surface area contributed by atoms with Crippen LogP contribution in [0.1, 0.15) is 33.6 Å². The van der Waals surface area contributed by atoms with E-state index in [2.05, 4.69) is 11.8 Å². The first-order valence-electron chi connectivity index (χ1n) is 8.34. The topological polar surface area (TPSA) is 42.0 Å². The molecule has 0 spiro atoms. The molecule has 0 bridgehead atoms. The van der Waals surface area contributed by atoms with Gasteiger partial charge in [-0.3, -0.25) is 9.69 Å². The van der Waals surface area contributed by atoms with Crippen molar-refractivity contribution in [3.05, 3.63) is 0 Å². The molecule has 21 heavy (non-hydrogen) atoms. The smallest absolute Gasteiger partial charge is 0.251 e. The molecule has 2 rings (SSSR count). The molecular weight excluding hydrogens is 268 g/mol. The number of rotatable bonds is 8.